The van der Waals surface area contributed by atoms with Crippen LogP contribution in [0.4, 0.5) is 21.9 Å². The van der Waals surface area contributed by atoms with E-state index in [1.54, 1.807) is 53.7 Å². The molecule has 5 N–H and O–H groups in total. The van der Waals surface area contributed by atoms with Crippen LogP contribution in [0.15, 0.2) is 101 Å². The van der Waals surface area contributed by atoms with Crippen molar-refractivity contribution in [2.75, 3.05) is 97.0 Å². The zero-order chi connectivity index (χ0) is 64.0. The number of halogens is 1. The van der Waals surface area contributed by atoms with Gasteiger partial charge in [0.05, 0.1) is 115 Å². The summed E-state index contributed by atoms with van der Waals surface area (Å²) >= 11 is 1.99. The molecule has 4 unspecified atom stereocenters. The molecule has 6 amide bonds. The number of aliphatic hydroxyl groups is 1. The highest BCUT2D eigenvalue weighted by Gasteiger charge is 2.45. The number of benzene rings is 3. The van der Waals surface area contributed by atoms with Crippen LogP contribution in [-0.2, 0) is 44.7 Å². The van der Waals surface area contributed by atoms with Crippen molar-refractivity contribution < 1.29 is 76.5 Å². The molecule has 0 saturated carbocycles. The highest BCUT2D eigenvalue weighted by Crippen LogP contribution is 2.43. The quantitative estimate of drug-likeness (QED) is 0.0167. The first-order valence-electron chi connectivity index (χ1n) is 29.8. The number of methoxy groups -OCH3 is 2. The van der Waals surface area contributed by atoms with E-state index in [1.165, 1.54) is 31.3 Å². The average Bonchev–Trinajstić information content (AvgIpc) is 1.72. The predicted octanol–water partition coefficient (Wildman–Crippen LogP) is 7.50. The van der Waals surface area contributed by atoms with Gasteiger partial charge in [-0.15, -0.1) is 0 Å². The van der Waals surface area contributed by atoms with E-state index in [0.29, 0.717) is 86.5 Å². The van der Waals surface area contributed by atoms with Gasteiger partial charge in [0.2, 0.25) is 11.8 Å². The van der Waals surface area contributed by atoms with Crippen LogP contribution in [-0.4, -0.2) is 178 Å². The molecule has 4 aliphatic heterocycles. The predicted molar refractivity (Wildman–Crippen MR) is 342 cm³/mol. The molecule has 7 rings (SSSR count). The number of hydrogen-bond acceptors (Lipinski definition) is 18. The maximum Gasteiger partial charge on any atom is 0.416 e. The SMILES string of the molecule is C/C=C/C1=CN2C(=O)c3cc(OC)c(OCCCOc4cc5c(cc4OC)C(=O)N4C=C(/C=C/C)CC4[C@H](O)N5C(=O)OCc4ccc(NC(I)C(=O)NCCOCCOCCOCCOCCC(=O)NC(C(=O)NC(C)C)C(C)C)cc4)cc3N=CC2C1. The largest absolute Gasteiger partial charge is 0.493 e. The number of nitrogens with zero attached hydrogens (tertiary/aromatic N) is 4. The van der Waals surface area contributed by atoms with Crippen molar-refractivity contribution in [2.24, 2.45) is 10.9 Å². The third-order valence-electron chi connectivity index (χ3n) is 14.4. The van der Waals surface area contributed by atoms with Crippen LogP contribution in [0.3, 0.4) is 0 Å². The smallest absolute Gasteiger partial charge is 0.416 e. The number of hydrogen-bond donors (Lipinski definition) is 5. The molecule has 25 heteroatoms. The molecule has 0 aromatic heterocycles. The first-order valence-corrected chi connectivity index (χ1v) is 31.1. The summed E-state index contributed by atoms with van der Waals surface area (Å²) in [4.78, 5) is 88.8. The van der Waals surface area contributed by atoms with Crippen LogP contribution >= 0.6 is 22.6 Å². The fraction of sp³-hybridized carbons (Fsp3) is 0.484. The molecule has 0 fully saturated rings. The molecule has 3 aromatic carbocycles. The molecule has 4 heterocycles. The van der Waals surface area contributed by atoms with Crippen molar-refractivity contribution in [2.45, 2.75) is 108 Å². The molecule has 3 aromatic rings. The second-order valence-electron chi connectivity index (χ2n) is 21.7. The van der Waals surface area contributed by atoms with Crippen molar-refractivity contribution in [3.05, 3.63) is 113 Å². The van der Waals surface area contributed by atoms with Gasteiger partial charge < -0.3 is 78.8 Å². The Morgan fingerprint density at radius 3 is 1.91 bits per heavy atom. The normalized spacial score (nSPS) is 17.5. The van der Waals surface area contributed by atoms with Gasteiger partial charge in [-0.3, -0.25) is 29.0 Å². The lowest BCUT2D eigenvalue weighted by Gasteiger charge is -2.31. The number of rotatable bonds is 34. The first-order chi connectivity index (χ1) is 42.9. The molecule has 0 aliphatic carbocycles. The van der Waals surface area contributed by atoms with Gasteiger partial charge in [-0.05, 0) is 110 Å². The maximum atomic E-state index is 14.4. The second-order valence-corrected chi connectivity index (χ2v) is 23.0. The molecule has 0 bridgehead atoms. The van der Waals surface area contributed by atoms with Gasteiger partial charge in [0.25, 0.3) is 17.7 Å². The van der Waals surface area contributed by atoms with Gasteiger partial charge in [-0.25, -0.2) is 9.69 Å². The number of carbonyl (C=O) groups is 6. The third-order valence-corrected chi connectivity index (χ3v) is 15.3. The van der Waals surface area contributed by atoms with E-state index in [0.717, 1.165) is 16.0 Å². The summed E-state index contributed by atoms with van der Waals surface area (Å²) in [5.74, 6) is -0.244. The minimum Gasteiger partial charge on any atom is -0.493 e. The minimum atomic E-state index is -1.53. The summed E-state index contributed by atoms with van der Waals surface area (Å²) in [5.41, 5.74) is 4.06. The number of carbonyl (C=O) groups excluding carboxylic acids is 6. The van der Waals surface area contributed by atoms with Crippen LogP contribution in [0.5, 0.6) is 23.0 Å². The number of alkyl halides is 1. The fourth-order valence-electron chi connectivity index (χ4n) is 10.00. The number of aliphatic imine (C=N–C) groups is 1. The van der Waals surface area contributed by atoms with Gasteiger partial charge in [0, 0.05) is 61.9 Å². The van der Waals surface area contributed by atoms with Crippen molar-refractivity contribution in [3.63, 3.8) is 0 Å². The van der Waals surface area contributed by atoms with Crippen molar-refractivity contribution in [1.82, 2.24) is 25.8 Å². The molecular formula is C64H83IN8O16. The van der Waals surface area contributed by atoms with E-state index in [4.69, 9.17) is 42.6 Å². The topological polar surface area (TPSA) is 276 Å². The molecule has 0 radical (unpaired) electrons. The van der Waals surface area contributed by atoms with E-state index in [1.807, 2.05) is 94.6 Å². The first kappa shape index (κ1) is 68.9. The third kappa shape index (κ3) is 19.2. The Morgan fingerprint density at radius 1 is 0.708 bits per heavy atom. The fourth-order valence-corrected chi connectivity index (χ4v) is 10.6. The maximum absolute atomic E-state index is 14.4. The lowest BCUT2D eigenvalue weighted by atomic mass is 10.0. The van der Waals surface area contributed by atoms with Crippen molar-refractivity contribution in [3.8, 4) is 23.0 Å². The standard InChI is InChI=1S/C64H83IN8O16/c1-9-12-43-30-46-36-67-49-34-54(52(81-7)32-47(49)61(77)71(46)37-43)87-20-11-21-88-55-35-50-48(33-53(55)82-8)62(78)72-38-44(13-10-2)31-51(72)63(79)73(50)64(80)89-39-42-14-16-45(17-15-42)69-58(65)60(76)66-19-23-84-25-27-86-29-28-85-26-24-83-22-18-56(74)70-57(40(3)4)59(75)68-41(5)6/h9-10,12-17,32-38,40-41,46,51,57-58,63,69,79H,11,18-31,39H2,1-8H3,(H,66,76)(H,68,75)(H,70,74)/b12-9+,13-10+/t46?,51?,57?,58?,63-/m0/s1. The Hall–Kier alpha value is -7.56. The van der Waals surface area contributed by atoms with Crippen LogP contribution < -0.4 is 45.1 Å². The van der Waals surface area contributed by atoms with Crippen molar-refractivity contribution in [1.29, 1.82) is 0 Å². The molecule has 0 saturated heterocycles. The van der Waals surface area contributed by atoms with Gasteiger partial charge in [0.1, 0.15) is 12.6 Å². The van der Waals surface area contributed by atoms with E-state index in [2.05, 4.69) is 26.3 Å². The molecule has 482 valence electrons. The molecule has 89 heavy (non-hydrogen) atoms. The Balaban J connectivity index is 0.834. The number of ether oxygens (including phenoxy) is 9. The number of fused-ring (bicyclic) bond motifs is 4. The Kier molecular flexibility index (Phi) is 26.7. The van der Waals surface area contributed by atoms with Crippen LogP contribution in [0.2, 0.25) is 0 Å². The number of aliphatic hydroxyl groups excluding tert-OH is 1. The zero-order valence-electron chi connectivity index (χ0n) is 51.8. The van der Waals surface area contributed by atoms with E-state index in [-0.39, 0.29) is 117 Å². The summed E-state index contributed by atoms with van der Waals surface area (Å²) in [5, 5.41) is 23.7. The molecular weight excluding hydrogens is 1260 g/mol. The summed E-state index contributed by atoms with van der Waals surface area (Å²) in [6.45, 7) is 14.1. The summed E-state index contributed by atoms with van der Waals surface area (Å²) in [6, 6.07) is 11.6. The summed E-state index contributed by atoms with van der Waals surface area (Å²) in [6.07, 6.45) is 11.9. The van der Waals surface area contributed by atoms with E-state index in [9.17, 15) is 33.9 Å². The summed E-state index contributed by atoms with van der Waals surface area (Å²) in [7, 11) is 2.94. The zero-order valence-corrected chi connectivity index (χ0v) is 53.9. The van der Waals surface area contributed by atoms with E-state index < -0.39 is 34.4 Å². The van der Waals surface area contributed by atoms with Crippen LogP contribution in [0, 0.1) is 5.92 Å². The number of nitrogens with one attached hydrogen (secondary N) is 4. The van der Waals surface area contributed by atoms with E-state index >= 15 is 0 Å². The monoisotopic (exact) mass is 1350 g/mol. The van der Waals surface area contributed by atoms with Gasteiger partial charge >= 0.3 is 6.09 Å². The Morgan fingerprint density at radius 2 is 1.29 bits per heavy atom. The Labute approximate surface area is 533 Å². The molecule has 24 nitrogen and oxygen atoms in total. The number of anilines is 2. The summed E-state index contributed by atoms with van der Waals surface area (Å²) < 4.78 is 51.1. The Bertz CT molecular complexity index is 3100. The van der Waals surface area contributed by atoms with Crippen LogP contribution in [0.1, 0.15) is 93.5 Å². The average molecular weight is 1350 g/mol. The van der Waals surface area contributed by atoms with Gasteiger partial charge in [0.15, 0.2) is 33.3 Å². The van der Waals surface area contributed by atoms with Gasteiger partial charge in [-0.2, -0.15) is 0 Å². The minimum absolute atomic E-state index is 0.0218. The number of allylic oxidation sites excluding steroid dienone is 4. The lowest BCUT2D eigenvalue weighted by Crippen LogP contribution is -2.51. The second kappa shape index (κ2) is 34.4. The lowest BCUT2D eigenvalue weighted by molar-refractivity contribution is -0.131. The molecule has 5 atom stereocenters. The van der Waals surface area contributed by atoms with Crippen molar-refractivity contribution >= 4 is 81.5 Å². The molecule has 0 spiro atoms. The van der Waals surface area contributed by atoms with Crippen LogP contribution in [0.25, 0.3) is 0 Å². The highest BCUT2D eigenvalue weighted by molar-refractivity contribution is 14.1. The van der Waals surface area contributed by atoms with Gasteiger partial charge in [-0.1, -0.05) is 50.3 Å². The highest BCUT2D eigenvalue weighted by atomic mass is 127. The number of amides is 6. The molecule has 4 aliphatic rings.